The van der Waals surface area contributed by atoms with Crippen molar-refractivity contribution in [3.05, 3.63) is 12.2 Å². The molecule has 4 aliphatic carbocycles. The van der Waals surface area contributed by atoms with Crippen molar-refractivity contribution in [3.63, 3.8) is 0 Å². The number of hydrogen-bond acceptors (Lipinski definition) is 8. The standard InChI is InChI=1S/C24H34O8S/c1-12-13-7-8-14-22-11-29-24(23(14,17(12)25)19(13)30-21(4,5)32-24)18(26)16(22)20(2,3)10-9-15(22)31-33(6,27)28/h13-16,18-19,26H,1,7-11H2,2-6H3/t13-,14-,15-,16+,18-,19+,22+,23-,24?/m0/s1. The molecule has 9 atom stereocenters. The van der Waals surface area contributed by atoms with Gasteiger partial charge in [0.2, 0.25) is 5.79 Å². The highest BCUT2D eigenvalue weighted by Gasteiger charge is 2.90. The third kappa shape index (κ3) is 2.35. The molecule has 4 bridgehead atoms. The molecule has 0 aromatic heterocycles. The first-order valence-electron chi connectivity index (χ1n) is 12.0. The second kappa shape index (κ2) is 6.10. The number of hydrogen-bond donors (Lipinski definition) is 1. The van der Waals surface area contributed by atoms with Crippen LogP contribution in [0.1, 0.15) is 53.4 Å². The fourth-order valence-corrected chi connectivity index (χ4v) is 9.90. The number of carbonyl (C=O) groups excluding carboxylic acids is 1. The van der Waals surface area contributed by atoms with Crippen molar-refractivity contribution in [3.8, 4) is 0 Å². The van der Waals surface area contributed by atoms with Crippen LogP contribution >= 0.6 is 0 Å². The molecule has 33 heavy (non-hydrogen) atoms. The van der Waals surface area contributed by atoms with Gasteiger partial charge in [0, 0.05) is 17.3 Å². The van der Waals surface area contributed by atoms with Gasteiger partial charge in [0.15, 0.2) is 11.6 Å². The highest BCUT2D eigenvalue weighted by atomic mass is 32.2. The minimum Gasteiger partial charge on any atom is -0.387 e. The van der Waals surface area contributed by atoms with Gasteiger partial charge in [-0.3, -0.25) is 8.98 Å². The highest BCUT2D eigenvalue weighted by molar-refractivity contribution is 7.86. The summed E-state index contributed by atoms with van der Waals surface area (Å²) in [6, 6.07) is 0. The molecule has 4 saturated carbocycles. The molecular weight excluding hydrogens is 448 g/mol. The predicted molar refractivity (Wildman–Crippen MR) is 116 cm³/mol. The monoisotopic (exact) mass is 482 g/mol. The predicted octanol–water partition coefficient (Wildman–Crippen LogP) is 2.16. The Labute approximate surface area is 195 Å². The van der Waals surface area contributed by atoms with E-state index in [1.807, 2.05) is 0 Å². The van der Waals surface area contributed by atoms with Gasteiger partial charge in [0.05, 0.1) is 25.1 Å². The summed E-state index contributed by atoms with van der Waals surface area (Å²) in [6.07, 6.45) is 1.23. The van der Waals surface area contributed by atoms with E-state index in [2.05, 4.69) is 20.4 Å². The first-order chi connectivity index (χ1) is 15.1. The lowest BCUT2D eigenvalue weighted by atomic mass is 9.35. The Balaban J connectivity index is 1.65. The van der Waals surface area contributed by atoms with Crippen molar-refractivity contribution < 1.29 is 36.7 Å². The van der Waals surface area contributed by atoms with E-state index in [-0.39, 0.29) is 35.6 Å². The first-order valence-corrected chi connectivity index (χ1v) is 13.8. The molecule has 8 nitrogen and oxygen atoms in total. The van der Waals surface area contributed by atoms with E-state index in [1.54, 1.807) is 13.8 Å². The van der Waals surface area contributed by atoms with Gasteiger partial charge in [-0.05, 0) is 56.4 Å². The van der Waals surface area contributed by atoms with Crippen molar-refractivity contribution in [1.29, 1.82) is 0 Å². The second-order valence-electron chi connectivity index (χ2n) is 12.3. The second-order valence-corrected chi connectivity index (χ2v) is 13.9. The van der Waals surface area contributed by atoms with Crippen molar-refractivity contribution in [2.75, 3.05) is 12.9 Å². The van der Waals surface area contributed by atoms with E-state index in [0.717, 1.165) is 6.26 Å². The van der Waals surface area contributed by atoms with Gasteiger partial charge in [-0.1, -0.05) is 20.4 Å². The largest absolute Gasteiger partial charge is 0.387 e. The van der Waals surface area contributed by atoms with E-state index in [1.165, 1.54) is 0 Å². The number of ether oxygens (including phenoxy) is 3. The first kappa shape index (κ1) is 22.6. The quantitative estimate of drug-likeness (QED) is 0.471. The average molecular weight is 483 g/mol. The van der Waals surface area contributed by atoms with E-state index in [4.69, 9.17) is 18.4 Å². The third-order valence-corrected chi connectivity index (χ3v) is 10.5. The van der Waals surface area contributed by atoms with Crippen LogP contribution in [0.2, 0.25) is 0 Å². The van der Waals surface area contributed by atoms with Crippen LogP contribution in [0.5, 0.6) is 0 Å². The Kier molecular flexibility index (Phi) is 4.18. The SMILES string of the molecule is C=C1C(=O)[C@@]23[C@@H]4OC(C)(C)OC25OC[C@]2([C@@H](OS(C)(=O)=O)CCC(C)(C)[C@H]2[C@@H]5O)[C@@H]3CC[C@@H]14. The molecule has 7 aliphatic rings. The zero-order valence-corrected chi connectivity index (χ0v) is 20.7. The minimum atomic E-state index is -3.78. The van der Waals surface area contributed by atoms with Gasteiger partial charge in [-0.2, -0.15) is 8.42 Å². The number of carbonyl (C=O) groups is 1. The Morgan fingerprint density at radius 1 is 1.15 bits per heavy atom. The molecule has 1 N–H and O–H groups in total. The Bertz CT molecular complexity index is 1060. The fraction of sp³-hybridized carbons (Fsp3) is 0.875. The molecule has 0 aromatic rings. The molecule has 9 heteroatoms. The lowest BCUT2D eigenvalue weighted by Crippen LogP contribution is -2.88. The maximum Gasteiger partial charge on any atom is 0.264 e. The molecular formula is C24H34O8S. The molecule has 3 heterocycles. The molecule has 3 aliphatic heterocycles. The smallest absolute Gasteiger partial charge is 0.264 e. The molecule has 3 spiro atoms. The zero-order chi connectivity index (χ0) is 24.0. The highest BCUT2D eigenvalue weighted by Crippen LogP contribution is 2.79. The van der Waals surface area contributed by atoms with Crippen molar-refractivity contribution in [2.45, 2.75) is 83.3 Å². The van der Waals surface area contributed by atoms with Crippen molar-refractivity contribution in [2.24, 2.45) is 34.0 Å². The summed E-state index contributed by atoms with van der Waals surface area (Å²) >= 11 is 0. The Morgan fingerprint density at radius 3 is 2.52 bits per heavy atom. The summed E-state index contributed by atoms with van der Waals surface area (Å²) < 4.78 is 49.9. The fourth-order valence-electron chi connectivity index (χ4n) is 9.21. The maximum absolute atomic E-state index is 14.1. The summed E-state index contributed by atoms with van der Waals surface area (Å²) in [5, 5.41) is 12.1. The number of Topliss-reactive ketones (excluding diaryl/α,β-unsaturated/α-hetero) is 1. The van der Waals surface area contributed by atoms with E-state index in [9.17, 15) is 18.3 Å². The maximum atomic E-state index is 14.1. The van der Waals surface area contributed by atoms with Crippen molar-refractivity contribution >= 4 is 15.9 Å². The third-order valence-electron chi connectivity index (χ3n) is 9.88. The van der Waals surface area contributed by atoms with Gasteiger partial charge in [-0.15, -0.1) is 0 Å². The van der Waals surface area contributed by atoms with Crippen molar-refractivity contribution in [1.82, 2.24) is 0 Å². The van der Waals surface area contributed by atoms with Gasteiger partial charge in [-0.25, -0.2) is 0 Å². The summed E-state index contributed by atoms with van der Waals surface area (Å²) in [4.78, 5) is 14.1. The summed E-state index contributed by atoms with van der Waals surface area (Å²) in [5.41, 5.74) is -1.99. The van der Waals surface area contributed by atoms with Gasteiger partial charge >= 0.3 is 0 Å². The molecule has 184 valence electrons. The molecule has 0 amide bonds. The minimum absolute atomic E-state index is 0.165. The van der Waals surface area contributed by atoms with Crippen LogP contribution in [0.15, 0.2) is 12.2 Å². The topological polar surface area (TPSA) is 108 Å². The number of aliphatic hydroxyl groups is 1. The number of ketones is 1. The van der Waals surface area contributed by atoms with Crippen LogP contribution < -0.4 is 0 Å². The molecule has 7 rings (SSSR count). The van der Waals surface area contributed by atoms with Crippen LogP contribution in [-0.2, 0) is 33.3 Å². The molecule has 1 unspecified atom stereocenters. The lowest BCUT2D eigenvalue weighted by Gasteiger charge is -2.77. The summed E-state index contributed by atoms with van der Waals surface area (Å²) in [5.74, 6) is -3.68. The molecule has 0 aromatic carbocycles. The van der Waals surface area contributed by atoms with Crippen LogP contribution in [-0.4, -0.2) is 62.1 Å². The van der Waals surface area contributed by atoms with Gasteiger partial charge in [0.1, 0.15) is 11.5 Å². The Hall–Kier alpha value is -0.840. The van der Waals surface area contributed by atoms with Crippen LogP contribution in [0.4, 0.5) is 0 Å². The van der Waals surface area contributed by atoms with E-state index < -0.39 is 50.8 Å². The normalized spacial score (nSPS) is 53.5. The number of fused-ring (bicyclic) bond motifs is 1. The van der Waals surface area contributed by atoms with Crippen LogP contribution in [0.3, 0.4) is 0 Å². The molecule has 7 fully saturated rings. The van der Waals surface area contributed by atoms with E-state index >= 15 is 0 Å². The lowest BCUT2D eigenvalue weighted by molar-refractivity contribution is -0.534. The zero-order valence-electron chi connectivity index (χ0n) is 19.9. The van der Waals surface area contributed by atoms with Crippen LogP contribution in [0.25, 0.3) is 0 Å². The summed E-state index contributed by atoms with van der Waals surface area (Å²) in [6.45, 7) is 12.1. The summed E-state index contributed by atoms with van der Waals surface area (Å²) in [7, 11) is -3.78. The molecule has 0 radical (unpaired) electrons. The van der Waals surface area contributed by atoms with Gasteiger partial charge in [0.25, 0.3) is 10.1 Å². The van der Waals surface area contributed by atoms with Gasteiger partial charge < -0.3 is 19.3 Å². The average Bonchev–Trinajstić information content (AvgIpc) is 2.79. The number of rotatable bonds is 2. The van der Waals surface area contributed by atoms with Crippen LogP contribution in [0, 0.1) is 34.0 Å². The molecule has 3 saturated heterocycles. The number of aliphatic hydroxyl groups excluding tert-OH is 1. The van der Waals surface area contributed by atoms with E-state index in [0.29, 0.717) is 31.3 Å². The Morgan fingerprint density at radius 2 is 1.85 bits per heavy atom.